The SMILES string of the molecule is C=CCSc1nn(S(=O)(=O)c2ccc(C)cc2)c2c1C(=O)C(C(=O)C(=O)OCC)CC2. The fraction of sp³-hybridized carbons (Fsp3) is 0.333. The second-order valence-electron chi connectivity index (χ2n) is 6.93. The Morgan fingerprint density at radius 1 is 1.32 bits per heavy atom. The first kappa shape index (κ1) is 23.0. The van der Waals surface area contributed by atoms with Crippen LogP contribution in [0, 0.1) is 12.8 Å². The molecule has 0 radical (unpaired) electrons. The number of carbonyl (C=O) groups excluding carboxylic acids is 3. The van der Waals surface area contributed by atoms with E-state index in [-0.39, 0.29) is 40.6 Å². The molecule has 1 aromatic heterocycles. The summed E-state index contributed by atoms with van der Waals surface area (Å²) in [4.78, 5) is 37.5. The van der Waals surface area contributed by atoms with E-state index in [2.05, 4.69) is 11.7 Å². The molecule has 1 aliphatic carbocycles. The highest BCUT2D eigenvalue weighted by Gasteiger charge is 2.42. The summed E-state index contributed by atoms with van der Waals surface area (Å²) in [6.45, 7) is 7.06. The van der Waals surface area contributed by atoms with E-state index in [9.17, 15) is 22.8 Å². The fourth-order valence-corrected chi connectivity index (χ4v) is 5.48. The van der Waals surface area contributed by atoms with Gasteiger partial charge in [0, 0.05) is 5.75 Å². The van der Waals surface area contributed by atoms with Gasteiger partial charge in [-0.3, -0.25) is 9.59 Å². The maximum atomic E-state index is 13.2. The number of ketones is 2. The molecular formula is C21H22N2O6S2. The van der Waals surface area contributed by atoms with E-state index in [1.807, 2.05) is 6.92 Å². The lowest BCUT2D eigenvalue weighted by Crippen LogP contribution is -2.35. The molecule has 1 aliphatic rings. The van der Waals surface area contributed by atoms with Crippen molar-refractivity contribution in [2.45, 2.75) is 36.6 Å². The van der Waals surface area contributed by atoms with Crippen LogP contribution in [0.4, 0.5) is 0 Å². The van der Waals surface area contributed by atoms with Crippen LogP contribution in [0.25, 0.3) is 0 Å². The van der Waals surface area contributed by atoms with E-state index in [1.165, 1.54) is 12.1 Å². The molecule has 0 saturated heterocycles. The van der Waals surface area contributed by atoms with E-state index in [0.29, 0.717) is 5.75 Å². The van der Waals surface area contributed by atoms with Crippen LogP contribution in [0.5, 0.6) is 0 Å². The molecule has 2 aromatic rings. The van der Waals surface area contributed by atoms with Gasteiger partial charge in [-0.2, -0.15) is 17.6 Å². The van der Waals surface area contributed by atoms with Crippen molar-refractivity contribution in [2.75, 3.05) is 12.4 Å². The Hall–Kier alpha value is -2.72. The molecule has 10 heteroatoms. The number of rotatable bonds is 8. The third-order valence-corrected chi connectivity index (χ3v) is 7.41. The van der Waals surface area contributed by atoms with Gasteiger partial charge < -0.3 is 4.74 Å². The van der Waals surface area contributed by atoms with Crippen molar-refractivity contribution in [3.05, 3.63) is 53.7 Å². The second-order valence-corrected chi connectivity index (χ2v) is 9.70. The molecule has 164 valence electrons. The van der Waals surface area contributed by atoms with Crippen molar-refractivity contribution < 1.29 is 27.5 Å². The largest absolute Gasteiger partial charge is 0.460 e. The minimum atomic E-state index is -4.05. The molecule has 0 fully saturated rings. The third kappa shape index (κ3) is 4.35. The zero-order valence-corrected chi connectivity index (χ0v) is 18.8. The fourth-order valence-electron chi connectivity index (χ4n) is 3.31. The van der Waals surface area contributed by atoms with Gasteiger partial charge in [0.05, 0.1) is 28.7 Å². The van der Waals surface area contributed by atoms with Gasteiger partial charge in [0.15, 0.2) is 5.78 Å². The van der Waals surface area contributed by atoms with Crippen molar-refractivity contribution in [2.24, 2.45) is 5.92 Å². The Morgan fingerprint density at radius 2 is 2.00 bits per heavy atom. The number of hydrogen-bond acceptors (Lipinski definition) is 8. The first-order chi connectivity index (χ1) is 14.7. The molecular weight excluding hydrogens is 440 g/mol. The molecule has 0 saturated carbocycles. The first-order valence-electron chi connectivity index (χ1n) is 9.65. The number of ether oxygens (including phenoxy) is 1. The molecule has 0 amide bonds. The van der Waals surface area contributed by atoms with Gasteiger partial charge in [-0.1, -0.05) is 35.5 Å². The molecule has 0 aliphatic heterocycles. The van der Waals surface area contributed by atoms with Crippen molar-refractivity contribution in [1.82, 2.24) is 9.19 Å². The van der Waals surface area contributed by atoms with Crippen LogP contribution < -0.4 is 0 Å². The molecule has 1 unspecified atom stereocenters. The van der Waals surface area contributed by atoms with Crippen molar-refractivity contribution in [1.29, 1.82) is 0 Å². The summed E-state index contributed by atoms with van der Waals surface area (Å²) in [7, 11) is -4.05. The van der Waals surface area contributed by atoms with Crippen LogP contribution in [0.1, 0.15) is 35.0 Å². The van der Waals surface area contributed by atoms with E-state index in [0.717, 1.165) is 21.4 Å². The van der Waals surface area contributed by atoms with E-state index < -0.39 is 33.5 Å². The monoisotopic (exact) mass is 462 g/mol. The lowest BCUT2D eigenvalue weighted by Gasteiger charge is -2.20. The third-order valence-electron chi connectivity index (χ3n) is 4.83. The second kappa shape index (κ2) is 9.19. The van der Waals surface area contributed by atoms with Gasteiger partial charge in [0.1, 0.15) is 5.03 Å². The maximum Gasteiger partial charge on any atom is 0.375 e. The molecule has 1 aromatic carbocycles. The van der Waals surface area contributed by atoms with Crippen LogP contribution in [-0.4, -0.2) is 47.5 Å². The normalized spacial score (nSPS) is 15.9. The topological polar surface area (TPSA) is 112 Å². The van der Waals surface area contributed by atoms with Crippen LogP contribution in [0.3, 0.4) is 0 Å². The Labute approximate surface area is 184 Å². The molecule has 1 heterocycles. The highest BCUT2D eigenvalue weighted by molar-refractivity contribution is 7.99. The highest BCUT2D eigenvalue weighted by Crippen LogP contribution is 2.35. The number of benzene rings is 1. The number of aromatic nitrogens is 2. The number of carbonyl (C=O) groups is 3. The molecule has 0 N–H and O–H groups in total. The molecule has 3 rings (SSSR count). The zero-order chi connectivity index (χ0) is 22.8. The van der Waals surface area contributed by atoms with Crippen LogP contribution >= 0.6 is 11.8 Å². The summed E-state index contributed by atoms with van der Waals surface area (Å²) in [5, 5.41) is 4.41. The number of aryl methyl sites for hydroxylation is 1. The average Bonchev–Trinajstić information content (AvgIpc) is 3.13. The molecule has 31 heavy (non-hydrogen) atoms. The standard InChI is InChI=1S/C21H22N2O6S2/c1-4-12-30-20-17-16(11-10-15(18(17)24)19(25)21(26)29-5-2)23(22-20)31(27,28)14-8-6-13(3)7-9-14/h4,6-9,15H,1,5,10-12H2,2-3H3. The smallest absolute Gasteiger partial charge is 0.375 e. The molecule has 8 nitrogen and oxygen atoms in total. The Bertz CT molecular complexity index is 1150. The Morgan fingerprint density at radius 3 is 2.61 bits per heavy atom. The van der Waals surface area contributed by atoms with Gasteiger partial charge in [0.2, 0.25) is 0 Å². The number of hydrogen-bond donors (Lipinski definition) is 0. The van der Waals surface area contributed by atoms with Crippen molar-refractivity contribution in [3.8, 4) is 0 Å². The summed E-state index contributed by atoms with van der Waals surface area (Å²) in [5.41, 5.74) is 1.18. The minimum absolute atomic E-state index is 0.00412. The van der Waals surface area contributed by atoms with Crippen LogP contribution in [0.15, 0.2) is 46.8 Å². The van der Waals surface area contributed by atoms with E-state index in [4.69, 9.17) is 4.74 Å². The van der Waals surface area contributed by atoms with Crippen LogP contribution in [-0.2, 0) is 30.8 Å². The number of esters is 1. The molecule has 1 atom stereocenters. The van der Waals surface area contributed by atoms with Gasteiger partial charge in [0.25, 0.3) is 15.8 Å². The number of thioether (sulfide) groups is 1. The van der Waals surface area contributed by atoms with Crippen molar-refractivity contribution in [3.63, 3.8) is 0 Å². The quantitative estimate of drug-likeness (QED) is 0.193. The predicted molar refractivity (Wildman–Crippen MR) is 115 cm³/mol. The lowest BCUT2D eigenvalue weighted by molar-refractivity contribution is -0.154. The minimum Gasteiger partial charge on any atom is -0.460 e. The zero-order valence-electron chi connectivity index (χ0n) is 17.2. The summed E-state index contributed by atoms with van der Waals surface area (Å²) >= 11 is 1.14. The lowest BCUT2D eigenvalue weighted by atomic mass is 9.83. The summed E-state index contributed by atoms with van der Waals surface area (Å²) < 4.78 is 32.1. The van der Waals surface area contributed by atoms with Gasteiger partial charge in [-0.05, 0) is 38.8 Å². The van der Waals surface area contributed by atoms with Crippen LogP contribution in [0.2, 0.25) is 0 Å². The van der Waals surface area contributed by atoms with Gasteiger partial charge >= 0.3 is 5.97 Å². The predicted octanol–water partition coefficient (Wildman–Crippen LogP) is 2.58. The van der Waals surface area contributed by atoms with Gasteiger partial charge in [-0.15, -0.1) is 6.58 Å². The average molecular weight is 463 g/mol. The number of nitrogens with zero attached hydrogens (tertiary/aromatic N) is 2. The summed E-state index contributed by atoms with van der Waals surface area (Å²) in [6, 6.07) is 6.31. The molecule has 0 bridgehead atoms. The van der Waals surface area contributed by atoms with Gasteiger partial charge in [-0.25, -0.2) is 4.79 Å². The number of fused-ring (bicyclic) bond motifs is 1. The highest BCUT2D eigenvalue weighted by atomic mass is 32.2. The number of Topliss-reactive ketones (excluding diaryl/α,β-unsaturated/α-hetero) is 2. The Balaban J connectivity index is 2.09. The maximum absolute atomic E-state index is 13.2. The van der Waals surface area contributed by atoms with Crippen molar-refractivity contribution >= 4 is 39.3 Å². The first-order valence-corrected chi connectivity index (χ1v) is 12.1. The summed E-state index contributed by atoms with van der Waals surface area (Å²) in [6.07, 6.45) is 1.70. The Kier molecular flexibility index (Phi) is 6.80. The van der Waals surface area contributed by atoms with E-state index >= 15 is 0 Å². The van der Waals surface area contributed by atoms with E-state index in [1.54, 1.807) is 25.1 Å². The molecule has 0 spiro atoms. The summed E-state index contributed by atoms with van der Waals surface area (Å²) in [5.74, 6) is -3.43.